The number of nitrogens with zero attached hydrogens (tertiary/aromatic N) is 3. The van der Waals surface area contributed by atoms with Gasteiger partial charge in [-0.3, -0.25) is 0 Å². The standard InChI is InChI=1S/C26H34F3N3O5S/c1-18(25(37-3)8-9-25)30-23(36-2)22-14-21(20-6-4-19(5-7-20)15-26(27,28)29)16-32(17-22)24(33)31-10-12-38(34,35)13-11-31/h4-7,21-22H,1,8-17H2,2-3H3. The van der Waals surface area contributed by atoms with E-state index in [9.17, 15) is 26.4 Å². The molecule has 38 heavy (non-hydrogen) atoms. The molecular formula is C26H34F3N3O5S. The van der Waals surface area contributed by atoms with Gasteiger partial charge in [0.25, 0.3) is 0 Å². The predicted molar refractivity (Wildman–Crippen MR) is 137 cm³/mol. The van der Waals surface area contributed by atoms with Crippen LogP contribution in [0.25, 0.3) is 0 Å². The average Bonchev–Trinajstić information content (AvgIpc) is 3.67. The van der Waals surface area contributed by atoms with E-state index < -0.39 is 28.0 Å². The zero-order valence-corrected chi connectivity index (χ0v) is 22.5. The number of carbonyl (C=O) groups is 1. The third-order valence-electron chi connectivity index (χ3n) is 7.62. The second-order valence-corrected chi connectivity index (χ2v) is 12.6. The van der Waals surface area contributed by atoms with Crippen LogP contribution in [0.3, 0.4) is 0 Å². The van der Waals surface area contributed by atoms with Crippen LogP contribution >= 0.6 is 0 Å². The van der Waals surface area contributed by atoms with Gasteiger partial charge in [-0.25, -0.2) is 18.2 Å². The second-order valence-electron chi connectivity index (χ2n) is 10.3. The van der Waals surface area contributed by atoms with Crippen LogP contribution in [-0.2, 0) is 25.7 Å². The van der Waals surface area contributed by atoms with Crippen LogP contribution in [0.2, 0.25) is 0 Å². The number of alkyl halides is 3. The fourth-order valence-electron chi connectivity index (χ4n) is 5.18. The molecule has 2 unspecified atom stereocenters. The summed E-state index contributed by atoms with van der Waals surface area (Å²) < 4.78 is 73.5. The largest absolute Gasteiger partial charge is 0.484 e. The number of rotatable bonds is 6. The van der Waals surface area contributed by atoms with E-state index >= 15 is 0 Å². The van der Waals surface area contributed by atoms with Gasteiger partial charge >= 0.3 is 12.2 Å². The minimum absolute atomic E-state index is 0.0796. The smallest absolute Gasteiger partial charge is 0.393 e. The van der Waals surface area contributed by atoms with Crippen molar-refractivity contribution in [1.82, 2.24) is 9.80 Å². The quantitative estimate of drug-likeness (QED) is 0.393. The lowest BCUT2D eigenvalue weighted by molar-refractivity contribution is -0.127. The number of piperidine rings is 1. The summed E-state index contributed by atoms with van der Waals surface area (Å²) >= 11 is 0. The zero-order valence-electron chi connectivity index (χ0n) is 21.7. The first-order valence-corrected chi connectivity index (χ1v) is 14.4. The highest BCUT2D eigenvalue weighted by atomic mass is 32.2. The molecule has 1 saturated carbocycles. The summed E-state index contributed by atoms with van der Waals surface area (Å²) in [6.07, 6.45) is -3.12. The second kappa shape index (κ2) is 10.9. The number of benzene rings is 1. The van der Waals surface area contributed by atoms with Crippen LogP contribution in [0.5, 0.6) is 0 Å². The lowest BCUT2D eigenvalue weighted by atomic mass is 9.84. The van der Waals surface area contributed by atoms with E-state index in [4.69, 9.17) is 9.47 Å². The van der Waals surface area contributed by atoms with E-state index in [2.05, 4.69) is 11.6 Å². The van der Waals surface area contributed by atoms with E-state index in [1.165, 1.54) is 19.2 Å². The Bertz CT molecular complexity index is 1170. The van der Waals surface area contributed by atoms with Crippen molar-refractivity contribution in [3.05, 3.63) is 47.7 Å². The van der Waals surface area contributed by atoms with Gasteiger partial charge in [-0.05, 0) is 30.4 Å². The number of amides is 2. The number of ether oxygens (including phenoxy) is 2. The summed E-state index contributed by atoms with van der Waals surface area (Å²) in [6, 6.07) is 6.02. The molecule has 2 atom stereocenters. The molecule has 0 N–H and O–H groups in total. The molecule has 0 spiro atoms. The number of methoxy groups -OCH3 is 2. The molecule has 2 amide bonds. The number of carbonyl (C=O) groups excluding carboxylic acids is 1. The van der Waals surface area contributed by atoms with Crippen molar-refractivity contribution in [2.75, 3.05) is 51.9 Å². The molecule has 1 aliphatic carbocycles. The van der Waals surface area contributed by atoms with Crippen molar-refractivity contribution in [2.24, 2.45) is 10.9 Å². The van der Waals surface area contributed by atoms with Gasteiger partial charge in [0, 0.05) is 39.2 Å². The van der Waals surface area contributed by atoms with Gasteiger partial charge in [-0.1, -0.05) is 30.8 Å². The first-order valence-electron chi connectivity index (χ1n) is 12.6. The molecule has 12 heteroatoms. The maximum Gasteiger partial charge on any atom is 0.393 e. The van der Waals surface area contributed by atoms with E-state index in [0.717, 1.165) is 18.4 Å². The van der Waals surface area contributed by atoms with Crippen LogP contribution in [0.15, 0.2) is 41.5 Å². The Labute approximate surface area is 221 Å². The summed E-state index contributed by atoms with van der Waals surface area (Å²) in [6.45, 7) is 4.97. The third kappa shape index (κ3) is 6.69. The maximum absolute atomic E-state index is 13.5. The van der Waals surface area contributed by atoms with Crippen molar-refractivity contribution < 1.29 is 35.9 Å². The van der Waals surface area contributed by atoms with Gasteiger partial charge < -0.3 is 19.3 Å². The molecule has 1 aromatic carbocycles. The molecule has 3 aliphatic rings. The summed E-state index contributed by atoms with van der Waals surface area (Å²) in [7, 11) is -0.0371. The van der Waals surface area contributed by atoms with Crippen LogP contribution in [0, 0.1) is 5.92 Å². The Balaban J connectivity index is 1.58. The Morgan fingerprint density at radius 3 is 2.26 bits per heavy atom. The minimum Gasteiger partial charge on any atom is -0.484 e. The Morgan fingerprint density at radius 2 is 1.74 bits per heavy atom. The van der Waals surface area contributed by atoms with E-state index in [-0.39, 0.29) is 48.0 Å². The number of hydrogen-bond donors (Lipinski definition) is 0. The molecule has 8 nitrogen and oxygen atoms in total. The van der Waals surface area contributed by atoms with Crippen molar-refractivity contribution in [2.45, 2.75) is 43.4 Å². The molecule has 1 aromatic rings. The molecular weight excluding hydrogens is 523 g/mol. The van der Waals surface area contributed by atoms with Crippen molar-refractivity contribution in [3.63, 3.8) is 0 Å². The molecule has 2 saturated heterocycles. The summed E-state index contributed by atoms with van der Waals surface area (Å²) in [5.41, 5.74) is 1.03. The van der Waals surface area contributed by atoms with Crippen LogP contribution in [0.4, 0.5) is 18.0 Å². The molecule has 0 bridgehead atoms. The Kier molecular flexibility index (Phi) is 8.13. The number of urea groups is 1. The van der Waals surface area contributed by atoms with Crippen molar-refractivity contribution in [1.29, 1.82) is 0 Å². The minimum atomic E-state index is -4.30. The molecule has 3 fully saturated rings. The first kappa shape index (κ1) is 28.4. The highest BCUT2D eigenvalue weighted by molar-refractivity contribution is 7.91. The number of likely N-dealkylation sites (tertiary alicyclic amines) is 1. The summed E-state index contributed by atoms with van der Waals surface area (Å²) in [4.78, 5) is 21.3. The average molecular weight is 558 g/mol. The SMILES string of the molecule is C=C(N=C(OC)C1CC(c2ccc(CC(F)(F)F)cc2)CN(C(=O)N2CCS(=O)(=O)CC2)C1)C1(OC)CC1. The van der Waals surface area contributed by atoms with Gasteiger partial charge in [0.15, 0.2) is 15.7 Å². The number of aliphatic imine (C=N–C) groups is 1. The summed E-state index contributed by atoms with van der Waals surface area (Å²) in [5, 5.41) is 0. The lowest BCUT2D eigenvalue weighted by Crippen LogP contribution is -2.54. The highest BCUT2D eigenvalue weighted by Gasteiger charge is 2.47. The zero-order chi connectivity index (χ0) is 27.7. The Morgan fingerprint density at radius 1 is 1.11 bits per heavy atom. The lowest BCUT2D eigenvalue weighted by Gasteiger charge is -2.41. The van der Waals surface area contributed by atoms with E-state index in [1.807, 2.05) is 0 Å². The van der Waals surface area contributed by atoms with Gasteiger partial charge in [0.2, 0.25) is 0 Å². The number of sulfone groups is 1. The fourth-order valence-corrected chi connectivity index (χ4v) is 6.38. The molecule has 210 valence electrons. The van der Waals surface area contributed by atoms with Gasteiger partial charge in [-0.2, -0.15) is 13.2 Å². The monoisotopic (exact) mass is 557 g/mol. The molecule has 0 aromatic heterocycles. The maximum atomic E-state index is 13.5. The van der Waals surface area contributed by atoms with Crippen LogP contribution in [0.1, 0.15) is 36.3 Å². The molecule has 4 rings (SSSR count). The van der Waals surface area contributed by atoms with Gasteiger partial charge in [-0.15, -0.1) is 0 Å². The first-order chi connectivity index (χ1) is 17.8. The third-order valence-corrected chi connectivity index (χ3v) is 9.23. The van der Waals surface area contributed by atoms with Gasteiger partial charge in [0.05, 0.1) is 36.7 Å². The number of hydrogen-bond acceptors (Lipinski definition) is 6. The topological polar surface area (TPSA) is 88.5 Å². The molecule has 2 heterocycles. The molecule has 2 aliphatic heterocycles. The van der Waals surface area contributed by atoms with E-state index in [0.29, 0.717) is 31.1 Å². The van der Waals surface area contributed by atoms with Crippen molar-refractivity contribution in [3.8, 4) is 0 Å². The molecule has 0 radical (unpaired) electrons. The highest BCUT2D eigenvalue weighted by Crippen LogP contribution is 2.45. The fraction of sp³-hybridized carbons (Fsp3) is 0.615. The Hall–Kier alpha value is -2.60. The van der Waals surface area contributed by atoms with Crippen molar-refractivity contribution >= 4 is 21.8 Å². The predicted octanol–water partition coefficient (Wildman–Crippen LogP) is 3.78. The van der Waals surface area contributed by atoms with Crippen LogP contribution in [-0.4, -0.2) is 93.8 Å². The summed E-state index contributed by atoms with van der Waals surface area (Å²) in [5.74, 6) is -0.225. The normalized spacial score (nSPS) is 25.1. The number of halogens is 3. The van der Waals surface area contributed by atoms with E-state index in [1.54, 1.807) is 29.0 Å². The van der Waals surface area contributed by atoms with Crippen LogP contribution < -0.4 is 0 Å². The van der Waals surface area contributed by atoms with Gasteiger partial charge in [0.1, 0.15) is 5.60 Å².